The van der Waals surface area contributed by atoms with Crippen LogP contribution in [0.3, 0.4) is 0 Å². The zero-order chi connectivity index (χ0) is 18.1. The number of hydrogen-bond donors (Lipinski definition) is 1. The molecule has 24 heavy (non-hydrogen) atoms. The molecule has 1 aromatic rings. The van der Waals surface area contributed by atoms with Crippen LogP contribution in [0.5, 0.6) is 0 Å². The highest BCUT2D eigenvalue weighted by atomic mass is 32.2. The maximum absolute atomic E-state index is 11.7. The molecule has 0 radical (unpaired) electrons. The van der Waals surface area contributed by atoms with Crippen LogP contribution in [0.2, 0.25) is 0 Å². The lowest BCUT2D eigenvalue weighted by Crippen LogP contribution is -2.13. The second kappa shape index (κ2) is 9.52. The van der Waals surface area contributed by atoms with Gasteiger partial charge in [-0.05, 0) is 19.9 Å². The molecule has 1 rings (SSSR count). The quantitative estimate of drug-likeness (QED) is 0.418. The number of ketones is 1. The van der Waals surface area contributed by atoms with E-state index < -0.39 is 11.9 Å². The van der Waals surface area contributed by atoms with E-state index in [2.05, 4.69) is 9.72 Å². The number of carbonyl (C=O) groups is 3. The first-order valence-electron chi connectivity index (χ1n) is 7.10. The summed E-state index contributed by atoms with van der Waals surface area (Å²) in [6.07, 6.45) is -0.348. The Kier molecular flexibility index (Phi) is 7.71. The first kappa shape index (κ1) is 19.4. The number of carbonyl (C=O) groups excluding carboxylic acids is 3. The van der Waals surface area contributed by atoms with E-state index in [1.165, 1.54) is 6.07 Å². The molecule has 0 fully saturated rings. The van der Waals surface area contributed by atoms with Gasteiger partial charge in [0.05, 0.1) is 24.5 Å². The van der Waals surface area contributed by atoms with Gasteiger partial charge in [-0.15, -0.1) is 0 Å². The molecule has 0 amide bonds. The van der Waals surface area contributed by atoms with Gasteiger partial charge in [0.2, 0.25) is 0 Å². The highest BCUT2D eigenvalue weighted by Crippen LogP contribution is 2.25. The summed E-state index contributed by atoms with van der Waals surface area (Å²) in [5, 5.41) is 9.38. The van der Waals surface area contributed by atoms with Crippen molar-refractivity contribution in [1.82, 2.24) is 4.98 Å². The van der Waals surface area contributed by atoms with E-state index >= 15 is 0 Å². The van der Waals surface area contributed by atoms with Crippen LogP contribution in [0, 0.1) is 11.3 Å². The fourth-order valence-corrected chi connectivity index (χ4v) is 2.47. The van der Waals surface area contributed by atoms with Crippen molar-refractivity contribution < 1.29 is 23.9 Å². The molecule has 0 unspecified atom stereocenters. The Morgan fingerprint density at radius 3 is 2.54 bits per heavy atom. The van der Waals surface area contributed by atoms with Gasteiger partial charge < -0.3 is 15.2 Å². The summed E-state index contributed by atoms with van der Waals surface area (Å²) in [7, 11) is 0. The highest BCUT2D eigenvalue weighted by Gasteiger charge is 2.18. The fraction of sp³-hybridized carbons (Fsp3) is 0.400. The van der Waals surface area contributed by atoms with Gasteiger partial charge in [-0.1, -0.05) is 11.8 Å². The molecule has 0 spiro atoms. The summed E-state index contributed by atoms with van der Waals surface area (Å²) in [5.41, 5.74) is 5.80. The van der Waals surface area contributed by atoms with Crippen molar-refractivity contribution >= 4 is 35.3 Å². The van der Waals surface area contributed by atoms with E-state index in [-0.39, 0.29) is 53.1 Å². The molecule has 0 aliphatic carbocycles. The monoisotopic (exact) mass is 351 g/mol. The highest BCUT2D eigenvalue weighted by molar-refractivity contribution is 8.00. The SMILES string of the molecule is CCOC(=O)CC(=O)CSc1nc(N)c(C(=O)OCC)cc1C#N. The molecule has 0 aromatic carbocycles. The number of rotatable bonds is 8. The molecule has 8 nitrogen and oxygen atoms in total. The molecule has 0 saturated carbocycles. The predicted molar refractivity (Wildman–Crippen MR) is 86.3 cm³/mol. The maximum atomic E-state index is 11.7. The number of hydrogen-bond acceptors (Lipinski definition) is 9. The van der Waals surface area contributed by atoms with Crippen molar-refractivity contribution in [2.75, 3.05) is 24.7 Å². The average molecular weight is 351 g/mol. The van der Waals surface area contributed by atoms with E-state index in [1.54, 1.807) is 13.8 Å². The number of esters is 2. The number of anilines is 1. The first-order chi connectivity index (χ1) is 11.4. The molecule has 0 saturated heterocycles. The Hall–Kier alpha value is -2.60. The number of nitrogens with zero attached hydrogens (tertiary/aromatic N) is 2. The summed E-state index contributed by atoms with van der Waals surface area (Å²) < 4.78 is 9.52. The molecule has 0 bridgehead atoms. The minimum Gasteiger partial charge on any atom is -0.466 e. The van der Waals surface area contributed by atoms with Gasteiger partial charge in [-0.3, -0.25) is 9.59 Å². The van der Waals surface area contributed by atoms with Crippen LogP contribution in [-0.2, 0) is 19.1 Å². The largest absolute Gasteiger partial charge is 0.466 e. The number of aromatic nitrogens is 1. The van der Waals surface area contributed by atoms with Gasteiger partial charge in [0, 0.05) is 0 Å². The van der Waals surface area contributed by atoms with Gasteiger partial charge >= 0.3 is 11.9 Å². The van der Waals surface area contributed by atoms with Crippen molar-refractivity contribution in [3.63, 3.8) is 0 Å². The number of nitriles is 1. The maximum Gasteiger partial charge on any atom is 0.341 e. The third kappa shape index (κ3) is 5.55. The fourth-order valence-electron chi connectivity index (χ4n) is 1.65. The zero-order valence-electron chi connectivity index (χ0n) is 13.3. The standard InChI is InChI=1S/C15H17N3O5S/c1-3-22-12(20)6-10(19)8-24-14-9(7-16)5-11(13(17)18-14)15(21)23-4-2/h5H,3-4,6,8H2,1-2H3,(H2,17,18). The van der Waals surface area contributed by atoms with E-state index in [0.717, 1.165) is 11.8 Å². The van der Waals surface area contributed by atoms with Gasteiger partial charge in [-0.25, -0.2) is 9.78 Å². The van der Waals surface area contributed by atoms with E-state index in [1.807, 2.05) is 6.07 Å². The number of thioether (sulfide) groups is 1. The molecule has 9 heteroatoms. The second-order valence-electron chi connectivity index (χ2n) is 4.42. The van der Waals surface area contributed by atoms with Crippen LogP contribution < -0.4 is 5.73 Å². The van der Waals surface area contributed by atoms with Gasteiger partial charge in [-0.2, -0.15) is 5.26 Å². The molecule has 128 valence electrons. The molecule has 0 aliphatic heterocycles. The normalized spacial score (nSPS) is 9.88. The third-order valence-electron chi connectivity index (χ3n) is 2.65. The minimum absolute atomic E-state index is 0.00407. The number of Topliss-reactive ketones (excluding diaryl/α,β-unsaturated/α-hetero) is 1. The molecule has 1 heterocycles. The molecule has 0 atom stereocenters. The lowest BCUT2D eigenvalue weighted by Gasteiger charge is -2.08. The van der Waals surface area contributed by atoms with Gasteiger partial charge in [0.25, 0.3) is 0 Å². The van der Waals surface area contributed by atoms with Crippen LogP contribution in [0.15, 0.2) is 11.1 Å². The van der Waals surface area contributed by atoms with Crippen molar-refractivity contribution in [3.05, 3.63) is 17.2 Å². The van der Waals surface area contributed by atoms with Crippen LogP contribution in [0.25, 0.3) is 0 Å². The Balaban J connectivity index is 2.84. The van der Waals surface area contributed by atoms with Crippen molar-refractivity contribution in [2.45, 2.75) is 25.3 Å². The number of nitrogens with two attached hydrogens (primary N) is 1. The second-order valence-corrected chi connectivity index (χ2v) is 5.38. The molecule has 1 aromatic heterocycles. The Morgan fingerprint density at radius 2 is 1.96 bits per heavy atom. The van der Waals surface area contributed by atoms with Crippen LogP contribution in [-0.4, -0.2) is 41.7 Å². The Bertz CT molecular complexity index is 684. The average Bonchev–Trinajstić information content (AvgIpc) is 2.53. The summed E-state index contributed by atoms with van der Waals surface area (Å²) in [5.74, 6) is -1.80. The summed E-state index contributed by atoms with van der Waals surface area (Å²) >= 11 is 0.965. The van der Waals surface area contributed by atoms with Crippen LogP contribution in [0.1, 0.15) is 36.2 Å². The van der Waals surface area contributed by atoms with Crippen molar-refractivity contribution in [1.29, 1.82) is 5.26 Å². The first-order valence-corrected chi connectivity index (χ1v) is 8.09. The predicted octanol–water partition coefficient (Wildman–Crippen LogP) is 1.33. The molecule has 0 aliphatic rings. The van der Waals surface area contributed by atoms with Gasteiger partial charge in [0.15, 0.2) is 5.78 Å². The summed E-state index contributed by atoms with van der Waals surface area (Å²) in [4.78, 5) is 38.7. The minimum atomic E-state index is -0.672. The summed E-state index contributed by atoms with van der Waals surface area (Å²) in [6.45, 7) is 3.66. The Labute approximate surface area is 143 Å². The van der Waals surface area contributed by atoms with E-state index in [0.29, 0.717) is 0 Å². The zero-order valence-corrected chi connectivity index (χ0v) is 14.1. The number of ether oxygens (including phenoxy) is 2. The molecular weight excluding hydrogens is 334 g/mol. The number of nitrogen functional groups attached to an aromatic ring is 1. The molecule has 2 N–H and O–H groups in total. The lowest BCUT2D eigenvalue weighted by atomic mass is 10.2. The van der Waals surface area contributed by atoms with Crippen molar-refractivity contribution in [3.8, 4) is 6.07 Å². The topological polar surface area (TPSA) is 132 Å². The van der Waals surface area contributed by atoms with Crippen LogP contribution in [0.4, 0.5) is 5.82 Å². The van der Waals surface area contributed by atoms with Gasteiger partial charge in [0.1, 0.15) is 28.9 Å². The Morgan fingerprint density at radius 1 is 1.29 bits per heavy atom. The summed E-state index contributed by atoms with van der Waals surface area (Å²) in [6, 6.07) is 3.17. The third-order valence-corrected chi connectivity index (χ3v) is 3.70. The number of pyridine rings is 1. The molecular formula is C15H17N3O5S. The lowest BCUT2D eigenvalue weighted by molar-refractivity contribution is -0.145. The van der Waals surface area contributed by atoms with Crippen molar-refractivity contribution in [2.24, 2.45) is 0 Å². The van der Waals surface area contributed by atoms with Crippen LogP contribution >= 0.6 is 11.8 Å². The van der Waals surface area contributed by atoms with E-state index in [4.69, 9.17) is 10.5 Å². The smallest absolute Gasteiger partial charge is 0.341 e. The van der Waals surface area contributed by atoms with E-state index in [9.17, 15) is 19.6 Å².